The number of nitrogens with one attached hydrogen (secondary N) is 2. The Labute approximate surface area is 225 Å². The summed E-state index contributed by atoms with van der Waals surface area (Å²) in [5, 5.41) is 16.2. The minimum Gasteiger partial charge on any atom is -0.388 e. The number of hydrogen-bond acceptors (Lipinski definition) is 7. The molecule has 0 spiro atoms. The Kier molecular flexibility index (Phi) is 6.96. The lowest BCUT2D eigenvalue weighted by atomic mass is 9.78. The number of nitrogens with zero attached hydrogens (tertiary/aromatic N) is 3. The Morgan fingerprint density at radius 3 is 2.37 bits per heavy atom. The SMILES string of the molecule is C[C@@H](NC(=O)c1nc(C(=O)N2C3CCC2CC3)c(-c2cnc(NC3(C)CCC3)cc2C(F)F)s1)C(C)(C)O. The van der Waals surface area contributed by atoms with Gasteiger partial charge in [0.2, 0.25) is 0 Å². The minimum atomic E-state index is -2.82. The Balaban J connectivity index is 1.54. The summed E-state index contributed by atoms with van der Waals surface area (Å²) in [6.45, 7) is 6.85. The van der Waals surface area contributed by atoms with Gasteiger partial charge in [-0.25, -0.2) is 18.7 Å². The third-order valence-electron chi connectivity index (χ3n) is 8.42. The number of fused-ring (bicyclic) bond motifs is 2. The number of anilines is 1. The van der Waals surface area contributed by atoms with Gasteiger partial charge in [-0.1, -0.05) is 0 Å². The van der Waals surface area contributed by atoms with E-state index >= 15 is 0 Å². The van der Waals surface area contributed by atoms with Crippen LogP contribution in [0.4, 0.5) is 14.6 Å². The maximum absolute atomic E-state index is 14.4. The Morgan fingerprint density at radius 1 is 1.21 bits per heavy atom. The molecule has 2 saturated heterocycles. The topological polar surface area (TPSA) is 107 Å². The molecule has 2 aliphatic heterocycles. The Bertz CT molecular complexity index is 1220. The molecule has 0 radical (unpaired) electrons. The van der Waals surface area contributed by atoms with Crippen molar-refractivity contribution in [2.24, 2.45) is 0 Å². The van der Waals surface area contributed by atoms with E-state index in [4.69, 9.17) is 0 Å². The highest BCUT2D eigenvalue weighted by atomic mass is 32.1. The molecular weight excluding hydrogens is 512 g/mol. The van der Waals surface area contributed by atoms with E-state index in [9.17, 15) is 23.5 Å². The molecule has 206 valence electrons. The van der Waals surface area contributed by atoms with Crippen LogP contribution in [0.3, 0.4) is 0 Å². The normalized spacial score (nSPS) is 22.9. The first kappa shape index (κ1) is 26.9. The highest BCUT2D eigenvalue weighted by Crippen LogP contribution is 2.43. The van der Waals surface area contributed by atoms with Crippen LogP contribution in [0.1, 0.15) is 105 Å². The summed E-state index contributed by atoms with van der Waals surface area (Å²) in [6.07, 6.45) is 5.14. The number of carbonyl (C=O) groups is 2. The second-order valence-electron chi connectivity index (χ2n) is 11.7. The summed E-state index contributed by atoms with van der Waals surface area (Å²) in [6, 6.07) is 0.953. The second-order valence-corrected chi connectivity index (χ2v) is 12.7. The third kappa shape index (κ3) is 5.02. The summed E-state index contributed by atoms with van der Waals surface area (Å²) in [5.41, 5.74) is -1.51. The molecule has 3 fully saturated rings. The maximum atomic E-state index is 14.4. The summed E-state index contributed by atoms with van der Waals surface area (Å²) in [5.74, 6) is -0.546. The van der Waals surface area contributed by atoms with Crippen molar-refractivity contribution in [3.63, 3.8) is 0 Å². The predicted molar refractivity (Wildman–Crippen MR) is 142 cm³/mol. The molecule has 2 aromatic rings. The second kappa shape index (κ2) is 9.82. The quantitative estimate of drug-likeness (QED) is 0.422. The smallest absolute Gasteiger partial charge is 0.280 e. The monoisotopic (exact) mass is 547 g/mol. The van der Waals surface area contributed by atoms with E-state index in [0.29, 0.717) is 5.82 Å². The lowest BCUT2D eigenvalue weighted by Gasteiger charge is -2.39. The molecule has 0 unspecified atom stereocenters. The van der Waals surface area contributed by atoms with Crippen LogP contribution >= 0.6 is 11.3 Å². The van der Waals surface area contributed by atoms with Gasteiger partial charge >= 0.3 is 0 Å². The number of hydrogen-bond donors (Lipinski definition) is 3. The van der Waals surface area contributed by atoms with Crippen molar-refractivity contribution in [1.82, 2.24) is 20.2 Å². The molecule has 11 heteroatoms. The zero-order valence-electron chi connectivity index (χ0n) is 22.2. The van der Waals surface area contributed by atoms with Crippen LogP contribution in [-0.2, 0) is 0 Å². The van der Waals surface area contributed by atoms with Crippen LogP contribution < -0.4 is 10.6 Å². The fourth-order valence-electron chi connectivity index (χ4n) is 5.60. The standard InChI is InChI=1S/C27H35F2N5O3S/c1-14(26(2,3)37)31-23(35)24-32-20(25(36)34-15-6-7-16(34)9-8-15)21(38-24)18-13-30-19(12-17(18)22(28)29)33-27(4)10-5-11-27/h12-16,22,37H,5-11H2,1-4H3,(H,30,33)(H,31,35)/t14-,15?,16?/m1/s1. The van der Waals surface area contributed by atoms with E-state index < -0.39 is 24.0 Å². The first-order valence-corrected chi connectivity index (χ1v) is 14.1. The zero-order chi connectivity index (χ0) is 27.4. The van der Waals surface area contributed by atoms with E-state index in [1.54, 1.807) is 20.8 Å². The largest absolute Gasteiger partial charge is 0.388 e. The lowest BCUT2D eigenvalue weighted by molar-refractivity contribution is 0.0408. The number of carbonyl (C=O) groups excluding carboxylic acids is 2. The van der Waals surface area contributed by atoms with Gasteiger partial charge in [0.05, 0.1) is 16.5 Å². The molecule has 38 heavy (non-hydrogen) atoms. The summed E-state index contributed by atoms with van der Waals surface area (Å²) in [4.78, 5) is 37.7. The third-order valence-corrected chi connectivity index (χ3v) is 9.51. The molecule has 1 saturated carbocycles. The van der Waals surface area contributed by atoms with Crippen molar-refractivity contribution < 1.29 is 23.5 Å². The van der Waals surface area contributed by atoms with Gasteiger partial charge < -0.3 is 20.6 Å². The van der Waals surface area contributed by atoms with Crippen LogP contribution in [0, 0.1) is 0 Å². The van der Waals surface area contributed by atoms with Gasteiger partial charge in [0.25, 0.3) is 18.2 Å². The number of halogens is 2. The molecule has 1 aliphatic carbocycles. The molecule has 0 aromatic carbocycles. The first-order chi connectivity index (χ1) is 17.9. The average molecular weight is 548 g/mol. The molecule has 5 rings (SSSR count). The van der Waals surface area contributed by atoms with Gasteiger partial charge in [-0.2, -0.15) is 0 Å². The summed E-state index contributed by atoms with van der Waals surface area (Å²) >= 11 is 0.904. The highest BCUT2D eigenvalue weighted by molar-refractivity contribution is 7.17. The van der Waals surface area contributed by atoms with Gasteiger partial charge in [-0.3, -0.25) is 9.59 Å². The fraction of sp³-hybridized carbons (Fsp3) is 0.630. The first-order valence-electron chi connectivity index (χ1n) is 13.3. The van der Waals surface area contributed by atoms with E-state index in [1.165, 1.54) is 12.3 Å². The van der Waals surface area contributed by atoms with Crippen LogP contribution in [0.2, 0.25) is 0 Å². The van der Waals surface area contributed by atoms with E-state index in [2.05, 4.69) is 20.6 Å². The van der Waals surface area contributed by atoms with Crippen molar-refractivity contribution in [3.8, 4) is 10.4 Å². The predicted octanol–water partition coefficient (Wildman–Crippen LogP) is 5.15. The molecular formula is C27H35F2N5O3S. The van der Waals surface area contributed by atoms with Crippen LogP contribution in [-0.4, -0.2) is 61.1 Å². The summed E-state index contributed by atoms with van der Waals surface area (Å²) < 4.78 is 28.8. The van der Waals surface area contributed by atoms with Gasteiger partial charge in [-0.05, 0) is 78.7 Å². The Morgan fingerprint density at radius 2 is 1.84 bits per heavy atom. The van der Waals surface area contributed by atoms with Gasteiger partial charge in [0, 0.05) is 34.9 Å². The van der Waals surface area contributed by atoms with Crippen LogP contribution in [0.15, 0.2) is 12.3 Å². The molecule has 3 N–H and O–H groups in total. The van der Waals surface area contributed by atoms with Gasteiger partial charge in [0.15, 0.2) is 5.01 Å². The lowest BCUT2D eigenvalue weighted by Crippen LogP contribution is -2.47. The fourth-order valence-corrected chi connectivity index (χ4v) is 6.59. The van der Waals surface area contributed by atoms with Crippen molar-refractivity contribution >= 4 is 29.0 Å². The molecule has 2 amide bonds. The molecule has 4 heterocycles. The summed E-state index contributed by atoms with van der Waals surface area (Å²) in [7, 11) is 0. The minimum absolute atomic E-state index is 0.00484. The number of amides is 2. The number of pyridine rings is 1. The van der Waals surface area contributed by atoms with Crippen molar-refractivity contribution in [2.45, 2.75) is 108 Å². The number of thiazole rings is 1. The molecule has 2 aromatic heterocycles. The molecule has 2 bridgehead atoms. The van der Waals surface area contributed by atoms with Crippen molar-refractivity contribution in [1.29, 1.82) is 0 Å². The number of alkyl halides is 2. The van der Waals surface area contributed by atoms with Crippen LogP contribution in [0.25, 0.3) is 10.4 Å². The molecule has 1 atom stereocenters. The number of rotatable bonds is 8. The average Bonchev–Trinajstić information content (AvgIpc) is 3.56. The number of aliphatic hydroxyl groups is 1. The Hall–Kier alpha value is -2.66. The number of aromatic nitrogens is 2. The van der Waals surface area contributed by atoms with E-state index in [1.807, 2.05) is 11.8 Å². The molecule has 3 aliphatic rings. The van der Waals surface area contributed by atoms with Gasteiger partial charge in [-0.15, -0.1) is 11.3 Å². The highest BCUT2D eigenvalue weighted by Gasteiger charge is 2.44. The molecule has 8 nitrogen and oxygen atoms in total. The van der Waals surface area contributed by atoms with E-state index in [0.717, 1.165) is 56.3 Å². The van der Waals surface area contributed by atoms with Crippen molar-refractivity contribution in [2.75, 3.05) is 5.32 Å². The van der Waals surface area contributed by atoms with Crippen molar-refractivity contribution in [3.05, 3.63) is 28.5 Å². The van der Waals surface area contributed by atoms with E-state index in [-0.39, 0.29) is 50.2 Å². The van der Waals surface area contributed by atoms with Crippen LogP contribution in [0.5, 0.6) is 0 Å². The van der Waals surface area contributed by atoms with Gasteiger partial charge in [0.1, 0.15) is 11.5 Å². The maximum Gasteiger partial charge on any atom is 0.280 e. The zero-order valence-corrected chi connectivity index (χ0v) is 23.0.